The molecule has 2 fully saturated rings. The molecule has 1 aliphatic carbocycles. The van der Waals surface area contributed by atoms with Crippen LogP contribution < -0.4 is 0 Å². The maximum Gasteiger partial charge on any atom is 0.326 e. The molecule has 1 aliphatic heterocycles. The molecule has 0 bridgehead atoms. The molecule has 0 spiro atoms. The van der Waals surface area contributed by atoms with Gasteiger partial charge in [0.05, 0.1) is 20.6 Å². The summed E-state index contributed by atoms with van der Waals surface area (Å²) >= 11 is 9.69. The van der Waals surface area contributed by atoms with Crippen LogP contribution in [0.5, 0.6) is 0 Å². The van der Waals surface area contributed by atoms with E-state index in [0.717, 1.165) is 20.8 Å². The van der Waals surface area contributed by atoms with Gasteiger partial charge in [-0.25, -0.2) is 13.2 Å². The van der Waals surface area contributed by atoms with E-state index in [2.05, 4.69) is 15.9 Å². The van der Waals surface area contributed by atoms with Crippen molar-refractivity contribution in [2.24, 2.45) is 0 Å². The van der Waals surface area contributed by atoms with Crippen LogP contribution in [0.1, 0.15) is 24.8 Å². The first kappa shape index (κ1) is 23.3. The molecular formula is C25H21BrClNO5S. The molecule has 9 heteroatoms. The van der Waals surface area contributed by atoms with E-state index in [1.807, 2.05) is 36.4 Å². The van der Waals surface area contributed by atoms with E-state index >= 15 is 0 Å². The Morgan fingerprint density at radius 1 is 1.00 bits per heavy atom. The lowest BCUT2D eigenvalue weighted by Gasteiger charge is -2.28. The Hall–Kier alpha value is -2.42. The summed E-state index contributed by atoms with van der Waals surface area (Å²) in [6.07, 6.45) is 0.996. The molecular weight excluding hydrogens is 542 g/mol. The molecule has 1 heterocycles. The summed E-state index contributed by atoms with van der Waals surface area (Å²) in [5.41, 5.74) is -0.00492. The van der Waals surface area contributed by atoms with Gasteiger partial charge in [-0.15, -0.1) is 0 Å². The van der Waals surface area contributed by atoms with Gasteiger partial charge in [0.15, 0.2) is 9.84 Å². The van der Waals surface area contributed by atoms with E-state index in [0.29, 0.717) is 12.8 Å². The van der Waals surface area contributed by atoms with E-state index in [9.17, 15) is 23.1 Å². The zero-order valence-electron chi connectivity index (χ0n) is 17.9. The fraction of sp³-hybridized carbons (Fsp3) is 0.280. The SMILES string of the molecule is O=C(O)C1CC(S(=O)(=O)c2ccccc2Cl)CN1C(=O)C1(c2ccc(Br)c3ccccc23)CC1. The minimum Gasteiger partial charge on any atom is -0.480 e. The van der Waals surface area contributed by atoms with Crippen LogP contribution in [0.2, 0.25) is 5.02 Å². The van der Waals surface area contributed by atoms with Crippen LogP contribution in [0.4, 0.5) is 0 Å². The van der Waals surface area contributed by atoms with Crippen LogP contribution in [0.25, 0.3) is 10.8 Å². The first-order chi connectivity index (χ1) is 16.2. The third kappa shape index (κ3) is 3.63. The van der Waals surface area contributed by atoms with Crippen LogP contribution in [0.3, 0.4) is 0 Å². The molecule has 3 aromatic rings. The number of rotatable bonds is 5. The molecule has 2 aliphatic rings. The number of hydrogen-bond acceptors (Lipinski definition) is 4. The van der Waals surface area contributed by atoms with E-state index in [4.69, 9.17) is 11.6 Å². The lowest BCUT2D eigenvalue weighted by atomic mass is 9.89. The Kier molecular flexibility index (Phi) is 5.73. The van der Waals surface area contributed by atoms with Crippen molar-refractivity contribution in [2.45, 2.75) is 40.9 Å². The molecule has 1 saturated heterocycles. The van der Waals surface area contributed by atoms with Crippen molar-refractivity contribution in [3.05, 3.63) is 75.7 Å². The van der Waals surface area contributed by atoms with Gasteiger partial charge in [0, 0.05) is 11.0 Å². The van der Waals surface area contributed by atoms with Crippen molar-refractivity contribution in [1.82, 2.24) is 4.90 Å². The predicted molar refractivity (Wildman–Crippen MR) is 133 cm³/mol. The van der Waals surface area contributed by atoms with Gasteiger partial charge < -0.3 is 10.0 Å². The first-order valence-electron chi connectivity index (χ1n) is 10.9. The summed E-state index contributed by atoms with van der Waals surface area (Å²) in [4.78, 5) is 27.2. The van der Waals surface area contributed by atoms with Gasteiger partial charge in [0.25, 0.3) is 0 Å². The Balaban J connectivity index is 1.52. The third-order valence-electron chi connectivity index (χ3n) is 6.94. The third-order valence-corrected chi connectivity index (χ3v) is 10.3. The fourth-order valence-corrected chi connectivity index (χ4v) is 7.71. The van der Waals surface area contributed by atoms with E-state index in [-0.39, 0.29) is 28.8 Å². The summed E-state index contributed by atoms with van der Waals surface area (Å²) < 4.78 is 27.5. The number of carboxylic acid groups (broad SMARTS) is 1. The molecule has 3 aromatic carbocycles. The number of carboxylic acids is 1. The largest absolute Gasteiger partial charge is 0.480 e. The molecule has 1 saturated carbocycles. The highest BCUT2D eigenvalue weighted by molar-refractivity contribution is 9.10. The monoisotopic (exact) mass is 561 g/mol. The number of carbonyl (C=O) groups is 2. The van der Waals surface area contributed by atoms with Gasteiger partial charge in [-0.2, -0.15) is 0 Å². The number of fused-ring (bicyclic) bond motifs is 1. The lowest BCUT2D eigenvalue weighted by molar-refractivity contribution is -0.149. The fourth-order valence-electron chi connectivity index (χ4n) is 5.01. The zero-order valence-corrected chi connectivity index (χ0v) is 21.1. The summed E-state index contributed by atoms with van der Waals surface area (Å²) in [5.74, 6) is -1.54. The van der Waals surface area contributed by atoms with Crippen LogP contribution in [0.15, 0.2) is 70.0 Å². The van der Waals surface area contributed by atoms with Crippen molar-refractivity contribution in [2.75, 3.05) is 6.54 Å². The van der Waals surface area contributed by atoms with Crippen LogP contribution in [-0.2, 0) is 24.8 Å². The van der Waals surface area contributed by atoms with Gasteiger partial charge >= 0.3 is 5.97 Å². The van der Waals surface area contributed by atoms with Gasteiger partial charge in [0.2, 0.25) is 5.91 Å². The van der Waals surface area contributed by atoms with Gasteiger partial charge in [-0.1, -0.05) is 70.0 Å². The van der Waals surface area contributed by atoms with E-state index in [1.165, 1.54) is 17.0 Å². The number of aliphatic carboxylic acids is 1. The quantitative estimate of drug-likeness (QED) is 0.482. The summed E-state index contributed by atoms with van der Waals surface area (Å²) in [6, 6.07) is 16.4. The predicted octanol–water partition coefficient (Wildman–Crippen LogP) is 4.82. The average molecular weight is 563 g/mol. The highest BCUT2D eigenvalue weighted by atomic mass is 79.9. The van der Waals surface area contributed by atoms with Gasteiger partial charge in [-0.05, 0) is 53.8 Å². The van der Waals surface area contributed by atoms with Crippen molar-refractivity contribution >= 4 is 60.0 Å². The van der Waals surface area contributed by atoms with Gasteiger partial charge in [-0.3, -0.25) is 4.79 Å². The Labute approximate surface area is 210 Å². The molecule has 0 aromatic heterocycles. The van der Waals surface area contributed by atoms with Crippen LogP contribution in [0, 0.1) is 0 Å². The molecule has 0 radical (unpaired) electrons. The standard InChI is InChI=1S/C25H21BrClNO5S/c26-19-10-9-18(16-5-1-2-6-17(16)19)25(11-12-25)24(31)28-14-15(13-21(28)23(29)30)34(32,33)22-8-4-3-7-20(22)27/h1-10,15,21H,11-14H2,(H,29,30). The Morgan fingerprint density at radius 3 is 2.29 bits per heavy atom. The molecule has 5 rings (SSSR count). The van der Waals surface area contributed by atoms with Crippen molar-refractivity contribution < 1.29 is 23.1 Å². The Bertz CT molecular complexity index is 1440. The number of benzene rings is 3. The van der Waals surface area contributed by atoms with Crippen LogP contribution >= 0.6 is 27.5 Å². The number of likely N-dealkylation sites (tertiary alicyclic amines) is 1. The van der Waals surface area contributed by atoms with E-state index < -0.39 is 32.5 Å². The number of hydrogen-bond donors (Lipinski definition) is 1. The summed E-state index contributed by atoms with van der Waals surface area (Å²) in [5, 5.41) is 10.8. The summed E-state index contributed by atoms with van der Waals surface area (Å²) in [6.45, 7) is -0.181. The second-order valence-corrected chi connectivity index (χ2v) is 12.3. The average Bonchev–Trinajstić information content (AvgIpc) is 3.48. The second-order valence-electron chi connectivity index (χ2n) is 8.87. The summed E-state index contributed by atoms with van der Waals surface area (Å²) in [7, 11) is -3.93. The van der Waals surface area contributed by atoms with Crippen molar-refractivity contribution in [3.8, 4) is 0 Å². The molecule has 1 N–H and O–H groups in total. The maximum absolute atomic E-state index is 13.9. The smallest absolute Gasteiger partial charge is 0.326 e. The lowest BCUT2D eigenvalue weighted by Crippen LogP contribution is -2.46. The molecule has 176 valence electrons. The Morgan fingerprint density at radius 2 is 1.65 bits per heavy atom. The van der Waals surface area contributed by atoms with Crippen molar-refractivity contribution in [1.29, 1.82) is 0 Å². The normalized spacial score (nSPS) is 21.5. The highest BCUT2D eigenvalue weighted by Crippen LogP contribution is 2.53. The molecule has 1 amide bonds. The van der Waals surface area contributed by atoms with Gasteiger partial charge in [0.1, 0.15) is 6.04 Å². The minimum absolute atomic E-state index is 0.0415. The van der Waals surface area contributed by atoms with Crippen molar-refractivity contribution in [3.63, 3.8) is 0 Å². The van der Waals surface area contributed by atoms with Crippen LogP contribution in [-0.4, -0.2) is 48.1 Å². The molecule has 2 atom stereocenters. The minimum atomic E-state index is -3.93. The number of carbonyl (C=O) groups excluding carboxylic acids is 1. The molecule has 34 heavy (non-hydrogen) atoms. The topological polar surface area (TPSA) is 91.8 Å². The molecule has 6 nitrogen and oxygen atoms in total. The molecule has 2 unspecified atom stereocenters. The number of halogens is 2. The first-order valence-corrected chi connectivity index (χ1v) is 13.6. The zero-order chi connectivity index (χ0) is 24.3. The maximum atomic E-state index is 13.9. The number of sulfone groups is 1. The second kappa shape index (κ2) is 8.36. The number of amides is 1. The van der Waals surface area contributed by atoms with E-state index in [1.54, 1.807) is 12.1 Å². The highest BCUT2D eigenvalue weighted by Gasteiger charge is 2.57. The number of nitrogens with zero attached hydrogens (tertiary/aromatic N) is 1.